The number of alkyl carbamates (subject to hydrolysis) is 2. The summed E-state index contributed by atoms with van der Waals surface area (Å²) in [6, 6.07) is 17.3. The van der Waals surface area contributed by atoms with E-state index in [1.54, 1.807) is 17.5 Å². The van der Waals surface area contributed by atoms with Gasteiger partial charge in [-0.3, -0.25) is 10.2 Å². The number of hydrazine groups is 1. The van der Waals surface area contributed by atoms with Gasteiger partial charge in [-0.2, -0.15) is 0 Å². The Balaban J connectivity index is 1.35. The molecular weight excluding hydrogens is 632 g/mol. The van der Waals surface area contributed by atoms with Gasteiger partial charge in [0, 0.05) is 18.7 Å². The Morgan fingerprint density at radius 3 is 2.39 bits per heavy atom. The van der Waals surface area contributed by atoms with Crippen LogP contribution in [0.5, 0.6) is 0 Å². The number of nitrogens with one attached hydrogen (secondary N) is 3. The minimum absolute atomic E-state index is 0.0458. The predicted octanol–water partition coefficient (Wildman–Crippen LogP) is 4.01. The van der Waals surface area contributed by atoms with Crippen LogP contribution in [0.3, 0.4) is 0 Å². The van der Waals surface area contributed by atoms with E-state index in [0.29, 0.717) is 6.61 Å². The molecule has 3 aromatic rings. The van der Waals surface area contributed by atoms with E-state index in [-0.39, 0.29) is 38.3 Å². The normalized spacial score (nSPS) is 20.6. The van der Waals surface area contributed by atoms with E-state index in [4.69, 9.17) is 23.4 Å². The van der Waals surface area contributed by atoms with Crippen molar-refractivity contribution in [3.8, 4) is 11.1 Å². The zero-order valence-electron chi connectivity index (χ0n) is 28.3. The van der Waals surface area contributed by atoms with Gasteiger partial charge in [0.05, 0.1) is 50.9 Å². The topological polar surface area (TPSA) is 161 Å². The van der Waals surface area contributed by atoms with Crippen LogP contribution in [0.1, 0.15) is 38.3 Å². The maximum absolute atomic E-state index is 13.7. The molecular formula is C36H46N4O9. The van der Waals surface area contributed by atoms with E-state index in [2.05, 4.69) is 16.1 Å². The van der Waals surface area contributed by atoms with Crippen LogP contribution in [-0.4, -0.2) is 85.7 Å². The van der Waals surface area contributed by atoms with Crippen molar-refractivity contribution < 1.29 is 42.9 Å². The van der Waals surface area contributed by atoms with Crippen molar-refractivity contribution in [2.24, 2.45) is 11.3 Å². The van der Waals surface area contributed by atoms with Gasteiger partial charge in [-0.15, -0.1) is 0 Å². The number of nitrogens with zero attached hydrogens (tertiary/aromatic N) is 1. The van der Waals surface area contributed by atoms with Crippen LogP contribution >= 0.6 is 0 Å². The van der Waals surface area contributed by atoms with Gasteiger partial charge < -0.3 is 39.1 Å². The molecule has 264 valence electrons. The molecule has 0 radical (unpaired) electrons. The molecule has 2 aliphatic rings. The SMILES string of the molecule is COC(=O)NC(C(=O)NN(Cc1ccccc1)CC(O)C(Cc1ccc(-c2ccoc2)cc1)NC(=O)OC1COC2OCCC12)C(C)(C)C. The summed E-state index contributed by atoms with van der Waals surface area (Å²) in [7, 11) is 1.23. The number of methoxy groups -OCH3 is 1. The summed E-state index contributed by atoms with van der Waals surface area (Å²) in [5, 5.41) is 18.8. The maximum atomic E-state index is 13.7. The molecule has 2 aliphatic heterocycles. The lowest BCUT2D eigenvalue weighted by Crippen LogP contribution is -2.59. The fraction of sp³-hybridized carbons (Fsp3) is 0.472. The molecule has 3 heterocycles. The molecule has 13 nitrogen and oxygen atoms in total. The van der Waals surface area contributed by atoms with Gasteiger partial charge in [-0.05, 0) is 41.0 Å². The molecule has 49 heavy (non-hydrogen) atoms. The van der Waals surface area contributed by atoms with Crippen LogP contribution in [0.2, 0.25) is 0 Å². The lowest BCUT2D eigenvalue weighted by atomic mass is 9.86. The Labute approximate surface area is 286 Å². The van der Waals surface area contributed by atoms with E-state index in [0.717, 1.165) is 28.7 Å². The molecule has 1 aromatic heterocycles. The van der Waals surface area contributed by atoms with Gasteiger partial charge in [-0.1, -0.05) is 75.4 Å². The van der Waals surface area contributed by atoms with Crippen LogP contribution in [0, 0.1) is 11.3 Å². The number of amides is 3. The number of aliphatic hydroxyl groups excluding tert-OH is 1. The number of benzene rings is 2. The molecule has 0 bridgehead atoms. The molecule has 5 rings (SSSR count). The predicted molar refractivity (Wildman–Crippen MR) is 179 cm³/mol. The van der Waals surface area contributed by atoms with Gasteiger partial charge >= 0.3 is 12.2 Å². The summed E-state index contributed by atoms with van der Waals surface area (Å²) in [6.45, 7) is 6.40. The third-order valence-electron chi connectivity index (χ3n) is 8.74. The molecule has 2 fully saturated rings. The van der Waals surface area contributed by atoms with Crippen molar-refractivity contribution in [1.29, 1.82) is 0 Å². The van der Waals surface area contributed by atoms with E-state index in [1.165, 1.54) is 7.11 Å². The molecule has 3 amide bonds. The Morgan fingerprint density at radius 1 is 0.959 bits per heavy atom. The number of furan rings is 1. The molecule has 0 saturated carbocycles. The summed E-state index contributed by atoms with van der Waals surface area (Å²) in [6.07, 6.45) is 0.810. The maximum Gasteiger partial charge on any atom is 0.407 e. The van der Waals surface area contributed by atoms with Crippen molar-refractivity contribution in [2.75, 3.05) is 26.9 Å². The number of fused-ring (bicyclic) bond motifs is 1. The average Bonchev–Trinajstić information content (AvgIpc) is 3.84. The summed E-state index contributed by atoms with van der Waals surface area (Å²) >= 11 is 0. The summed E-state index contributed by atoms with van der Waals surface area (Å²) in [5.74, 6) is -0.537. The highest BCUT2D eigenvalue weighted by Gasteiger charge is 2.44. The molecule has 6 unspecified atom stereocenters. The summed E-state index contributed by atoms with van der Waals surface area (Å²) in [4.78, 5) is 39.1. The van der Waals surface area contributed by atoms with Crippen LogP contribution in [0.15, 0.2) is 77.6 Å². The van der Waals surface area contributed by atoms with Gasteiger partial charge in [-0.25, -0.2) is 14.6 Å². The lowest BCUT2D eigenvalue weighted by Gasteiger charge is -2.34. The first kappa shape index (κ1) is 35.9. The second kappa shape index (κ2) is 16.3. The lowest BCUT2D eigenvalue weighted by molar-refractivity contribution is -0.131. The smallest absolute Gasteiger partial charge is 0.407 e. The highest BCUT2D eigenvalue weighted by atomic mass is 16.7. The van der Waals surface area contributed by atoms with E-state index < -0.39 is 47.8 Å². The average molecular weight is 679 g/mol. The minimum atomic E-state index is -1.17. The van der Waals surface area contributed by atoms with Gasteiger partial charge in [0.1, 0.15) is 12.1 Å². The van der Waals surface area contributed by atoms with Crippen LogP contribution < -0.4 is 16.1 Å². The first-order chi connectivity index (χ1) is 23.5. The number of ether oxygens (including phenoxy) is 4. The Kier molecular flexibility index (Phi) is 11.9. The Bertz CT molecular complexity index is 1510. The molecule has 4 N–H and O–H groups in total. The van der Waals surface area contributed by atoms with Crippen molar-refractivity contribution in [3.63, 3.8) is 0 Å². The van der Waals surface area contributed by atoms with Crippen molar-refractivity contribution in [2.45, 2.75) is 70.7 Å². The number of hydrogen-bond donors (Lipinski definition) is 4. The molecule has 2 aromatic carbocycles. The van der Waals surface area contributed by atoms with E-state index in [9.17, 15) is 19.5 Å². The van der Waals surface area contributed by atoms with Crippen molar-refractivity contribution >= 4 is 18.1 Å². The Hall–Kier alpha value is -4.43. The minimum Gasteiger partial charge on any atom is -0.472 e. The van der Waals surface area contributed by atoms with Crippen molar-refractivity contribution in [3.05, 3.63) is 84.3 Å². The number of aliphatic hydroxyl groups is 1. The molecule has 2 saturated heterocycles. The van der Waals surface area contributed by atoms with Crippen LogP contribution in [0.25, 0.3) is 11.1 Å². The largest absolute Gasteiger partial charge is 0.472 e. The number of rotatable bonds is 13. The first-order valence-corrected chi connectivity index (χ1v) is 16.4. The van der Waals surface area contributed by atoms with E-state index >= 15 is 0 Å². The third kappa shape index (κ3) is 9.82. The highest BCUT2D eigenvalue weighted by Crippen LogP contribution is 2.33. The van der Waals surface area contributed by atoms with Crippen molar-refractivity contribution in [1.82, 2.24) is 21.1 Å². The monoisotopic (exact) mass is 678 g/mol. The standard InChI is InChI=1S/C36H46N4O9/c1-36(2,3)31(38-34(43)45-4)32(42)39-40(19-24-8-6-5-7-9-24)20-29(41)28(18-23-10-12-25(13-11-23)26-14-16-46-21-26)37-35(44)49-30-22-48-33-27(30)15-17-47-33/h5-14,16,21,27-31,33,41H,15,17-20,22H2,1-4H3,(H,37,44)(H,38,43)(H,39,42). The third-order valence-corrected chi connectivity index (χ3v) is 8.74. The van der Waals surface area contributed by atoms with Crippen LogP contribution in [-0.2, 0) is 36.7 Å². The molecule has 0 aliphatic carbocycles. The molecule has 6 atom stereocenters. The van der Waals surface area contributed by atoms with Gasteiger partial charge in [0.2, 0.25) is 0 Å². The van der Waals surface area contributed by atoms with Gasteiger partial charge in [0.25, 0.3) is 5.91 Å². The zero-order chi connectivity index (χ0) is 35.0. The van der Waals surface area contributed by atoms with E-state index in [1.807, 2.05) is 81.4 Å². The fourth-order valence-electron chi connectivity index (χ4n) is 6.05. The number of hydrogen-bond acceptors (Lipinski definition) is 10. The number of carbonyl (C=O) groups excluding carboxylic acids is 3. The fourth-order valence-corrected chi connectivity index (χ4v) is 6.05. The van der Waals surface area contributed by atoms with Gasteiger partial charge in [0.15, 0.2) is 6.29 Å². The second-order valence-electron chi connectivity index (χ2n) is 13.5. The second-order valence-corrected chi connectivity index (χ2v) is 13.5. The highest BCUT2D eigenvalue weighted by molar-refractivity contribution is 5.86. The van der Waals surface area contributed by atoms with Crippen LogP contribution in [0.4, 0.5) is 9.59 Å². The molecule has 0 spiro atoms. The first-order valence-electron chi connectivity index (χ1n) is 16.4. The number of carbonyl (C=O) groups is 3. The summed E-state index contributed by atoms with van der Waals surface area (Å²) in [5.41, 5.74) is 5.85. The summed E-state index contributed by atoms with van der Waals surface area (Å²) < 4.78 is 27.0. The molecule has 13 heteroatoms. The zero-order valence-corrected chi connectivity index (χ0v) is 28.3. The Morgan fingerprint density at radius 2 is 1.71 bits per heavy atom. The quantitative estimate of drug-likeness (QED) is 0.195.